The van der Waals surface area contributed by atoms with Crippen molar-refractivity contribution >= 4 is 5.82 Å². The van der Waals surface area contributed by atoms with E-state index in [4.69, 9.17) is 15.3 Å². The van der Waals surface area contributed by atoms with Crippen molar-refractivity contribution in [1.29, 1.82) is 0 Å². The molecule has 1 aromatic heterocycles. The predicted molar refractivity (Wildman–Crippen MR) is 72.3 cm³/mol. The number of aromatic nitrogens is 2. The van der Waals surface area contributed by atoms with Gasteiger partial charge in [-0.25, -0.2) is 15.8 Å². The standard InChI is InChI=1S/C13H16N4O2/c1-3-9-12(17-14)15-8-16-13(9)19-11-7-5-4-6-10(11)18-2/h4-8H,3,14H2,1-2H3,(H,15,16,17). The highest BCUT2D eigenvalue weighted by atomic mass is 16.5. The summed E-state index contributed by atoms with van der Waals surface area (Å²) in [6.45, 7) is 1.98. The Morgan fingerprint density at radius 1 is 1.21 bits per heavy atom. The molecule has 0 saturated carbocycles. The highest BCUT2D eigenvalue weighted by molar-refractivity contribution is 5.50. The van der Waals surface area contributed by atoms with Crippen LogP contribution in [0.15, 0.2) is 30.6 Å². The van der Waals surface area contributed by atoms with Gasteiger partial charge in [0.15, 0.2) is 11.5 Å². The molecule has 0 radical (unpaired) electrons. The number of nitrogens with two attached hydrogens (primary N) is 1. The van der Waals surface area contributed by atoms with Crippen LogP contribution in [0.4, 0.5) is 5.82 Å². The van der Waals surface area contributed by atoms with Gasteiger partial charge >= 0.3 is 0 Å². The predicted octanol–water partition coefficient (Wildman–Crippen LogP) is 2.13. The van der Waals surface area contributed by atoms with Gasteiger partial charge in [-0.3, -0.25) is 0 Å². The molecule has 0 aliphatic carbocycles. The van der Waals surface area contributed by atoms with Crippen LogP contribution < -0.4 is 20.7 Å². The molecule has 100 valence electrons. The van der Waals surface area contributed by atoms with E-state index in [1.54, 1.807) is 7.11 Å². The minimum atomic E-state index is 0.468. The summed E-state index contributed by atoms with van der Waals surface area (Å²) in [5, 5.41) is 0. The first-order valence-electron chi connectivity index (χ1n) is 5.91. The van der Waals surface area contributed by atoms with Gasteiger partial charge in [-0.15, -0.1) is 0 Å². The Hall–Kier alpha value is -2.34. The molecular weight excluding hydrogens is 244 g/mol. The second kappa shape index (κ2) is 6.01. The number of anilines is 1. The smallest absolute Gasteiger partial charge is 0.227 e. The zero-order valence-electron chi connectivity index (χ0n) is 10.9. The maximum atomic E-state index is 5.79. The third-order valence-electron chi connectivity index (χ3n) is 2.67. The van der Waals surface area contributed by atoms with E-state index in [0.29, 0.717) is 29.6 Å². The lowest BCUT2D eigenvalue weighted by atomic mass is 10.2. The molecular formula is C13H16N4O2. The summed E-state index contributed by atoms with van der Waals surface area (Å²) in [6, 6.07) is 7.38. The lowest BCUT2D eigenvalue weighted by Crippen LogP contribution is -2.12. The van der Waals surface area contributed by atoms with E-state index >= 15 is 0 Å². The molecule has 0 amide bonds. The number of methoxy groups -OCH3 is 1. The monoisotopic (exact) mass is 260 g/mol. The topological polar surface area (TPSA) is 82.3 Å². The number of hydrazine groups is 1. The summed E-state index contributed by atoms with van der Waals surface area (Å²) in [7, 11) is 1.59. The van der Waals surface area contributed by atoms with Gasteiger partial charge in [0.25, 0.3) is 0 Å². The van der Waals surface area contributed by atoms with Crippen molar-refractivity contribution < 1.29 is 9.47 Å². The van der Waals surface area contributed by atoms with Crippen molar-refractivity contribution in [3.05, 3.63) is 36.2 Å². The van der Waals surface area contributed by atoms with Crippen LogP contribution in [0.5, 0.6) is 17.4 Å². The Labute approximate surface area is 111 Å². The molecule has 2 aromatic rings. The quantitative estimate of drug-likeness (QED) is 0.633. The molecule has 0 aliphatic rings. The Morgan fingerprint density at radius 2 is 1.95 bits per heavy atom. The van der Waals surface area contributed by atoms with Crippen LogP contribution in [0.1, 0.15) is 12.5 Å². The molecule has 0 fully saturated rings. The third-order valence-corrected chi connectivity index (χ3v) is 2.67. The summed E-state index contributed by atoms with van der Waals surface area (Å²) in [4.78, 5) is 8.20. The Bertz CT molecular complexity index is 560. The molecule has 6 nitrogen and oxygen atoms in total. The average Bonchev–Trinajstić information content (AvgIpc) is 2.47. The van der Waals surface area contributed by atoms with Gasteiger partial charge in [-0.1, -0.05) is 19.1 Å². The first-order chi connectivity index (χ1) is 9.30. The molecule has 1 aromatic carbocycles. The van der Waals surface area contributed by atoms with Gasteiger partial charge < -0.3 is 14.9 Å². The van der Waals surface area contributed by atoms with Crippen LogP contribution in [0, 0.1) is 0 Å². The second-order valence-corrected chi connectivity index (χ2v) is 3.76. The van der Waals surface area contributed by atoms with Gasteiger partial charge in [-0.05, 0) is 18.6 Å². The van der Waals surface area contributed by atoms with Gasteiger partial charge in [-0.2, -0.15) is 0 Å². The van der Waals surface area contributed by atoms with Crippen LogP contribution in [0.2, 0.25) is 0 Å². The number of nitrogens with one attached hydrogen (secondary N) is 1. The fourth-order valence-corrected chi connectivity index (χ4v) is 1.73. The van der Waals surface area contributed by atoms with Crippen molar-refractivity contribution in [3.63, 3.8) is 0 Å². The maximum Gasteiger partial charge on any atom is 0.227 e. The molecule has 1 heterocycles. The fourth-order valence-electron chi connectivity index (χ4n) is 1.73. The maximum absolute atomic E-state index is 5.79. The third kappa shape index (κ3) is 2.74. The van der Waals surface area contributed by atoms with Gasteiger partial charge in [0.05, 0.1) is 12.7 Å². The summed E-state index contributed by atoms with van der Waals surface area (Å²) >= 11 is 0. The fraction of sp³-hybridized carbons (Fsp3) is 0.231. The number of nitrogens with zero attached hydrogens (tertiary/aromatic N) is 2. The zero-order valence-corrected chi connectivity index (χ0v) is 10.9. The van der Waals surface area contributed by atoms with E-state index in [-0.39, 0.29) is 0 Å². The number of ether oxygens (including phenoxy) is 2. The van der Waals surface area contributed by atoms with Crippen LogP contribution in [-0.2, 0) is 6.42 Å². The Balaban J connectivity index is 2.38. The van der Waals surface area contributed by atoms with Crippen molar-refractivity contribution in [2.45, 2.75) is 13.3 Å². The lowest BCUT2D eigenvalue weighted by molar-refractivity contribution is 0.372. The molecule has 19 heavy (non-hydrogen) atoms. The molecule has 2 rings (SSSR count). The number of hydrogen-bond donors (Lipinski definition) is 2. The van der Waals surface area contributed by atoms with E-state index in [2.05, 4.69) is 15.4 Å². The van der Waals surface area contributed by atoms with E-state index in [1.165, 1.54) is 6.33 Å². The first-order valence-corrected chi connectivity index (χ1v) is 5.91. The van der Waals surface area contributed by atoms with Crippen LogP contribution in [0.3, 0.4) is 0 Å². The van der Waals surface area contributed by atoms with Gasteiger partial charge in [0.1, 0.15) is 12.1 Å². The van der Waals surface area contributed by atoms with E-state index in [0.717, 1.165) is 5.56 Å². The Kier molecular flexibility index (Phi) is 4.15. The number of nitrogen functional groups attached to an aromatic ring is 1. The Morgan fingerprint density at radius 3 is 2.58 bits per heavy atom. The number of para-hydroxylation sites is 2. The average molecular weight is 260 g/mol. The van der Waals surface area contributed by atoms with Gasteiger partial charge in [0, 0.05) is 0 Å². The molecule has 3 N–H and O–H groups in total. The lowest BCUT2D eigenvalue weighted by Gasteiger charge is -2.13. The zero-order chi connectivity index (χ0) is 13.7. The number of rotatable bonds is 5. The normalized spacial score (nSPS) is 10.1. The minimum absolute atomic E-state index is 0.468. The molecule has 6 heteroatoms. The largest absolute Gasteiger partial charge is 0.493 e. The molecule has 0 aliphatic heterocycles. The molecule has 0 unspecified atom stereocenters. The number of hydrogen-bond acceptors (Lipinski definition) is 6. The van der Waals surface area contributed by atoms with Gasteiger partial charge in [0.2, 0.25) is 5.88 Å². The van der Waals surface area contributed by atoms with Crippen LogP contribution in [0.25, 0.3) is 0 Å². The summed E-state index contributed by atoms with van der Waals surface area (Å²) < 4.78 is 11.0. The minimum Gasteiger partial charge on any atom is -0.493 e. The summed E-state index contributed by atoms with van der Waals surface area (Å²) in [6.07, 6.45) is 2.10. The molecule has 0 atom stereocenters. The van der Waals surface area contributed by atoms with Crippen LogP contribution in [-0.4, -0.2) is 17.1 Å². The second-order valence-electron chi connectivity index (χ2n) is 3.76. The summed E-state index contributed by atoms with van der Waals surface area (Å²) in [5.41, 5.74) is 3.35. The highest BCUT2D eigenvalue weighted by Gasteiger charge is 2.13. The molecule has 0 bridgehead atoms. The molecule has 0 spiro atoms. The summed E-state index contributed by atoms with van der Waals surface area (Å²) in [5.74, 6) is 7.69. The van der Waals surface area contributed by atoms with E-state index < -0.39 is 0 Å². The van der Waals surface area contributed by atoms with Crippen molar-refractivity contribution in [2.75, 3.05) is 12.5 Å². The van der Waals surface area contributed by atoms with Crippen LogP contribution >= 0.6 is 0 Å². The first kappa shape index (κ1) is 13.1. The van der Waals surface area contributed by atoms with Crippen molar-refractivity contribution in [3.8, 4) is 17.4 Å². The van der Waals surface area contributed by atoms with E-state index in [9.17, 15) is 0 Å². The van der Waals surface area contributed by atoms with Crippen molar-refractivity contribution in [2.24, 2.45) is 5.84 Å². The molecule has 0 saturated heterocycles. The highest BCUT2D eigenvalue weighted by Crippen LogP contribution is 2.32. The number of benzene rings is 1. The van der Waals surface area contributed by atoms with E-state index in [1.807, 2.05) is 31.2 Å². The SMILES string of the molecule is CCc1c(NN)ncnc1Oc1ccccc1OC. The van der Waals surface area contributed by atoms with Crippen molar-refractivity contribution in [1.82, 2.24) is 9.97 Å².